The molecule has 0 aliphatic rings. The van der Waals surface area contributed by atoms with Gasteiger partial charge in [-0.2, -0.15) is 0 Å². The van der Waals surface area contributed by atoms with Crippen molar-refractivity contribution in [3.63, 3.8) is 0 Å². The van der Waals surface area contributed by atoms with Crippen LogP contribution in [-0.4, -0.2) is 5.75 Å². The van der Waals surface area contributed by atoms with Gasteiger partial charge in [-0.1, -0.05) is 139 Å². The summed E-state index contributed by atoms with van der Waals surface area (Å²) in [5.74, 6) is 4.43. The van der Waals surface area contributed by atoms with Crippen molar-refractivity contribution < 1.29 is 0 Å². The molecule has 170 valence electrons. The predicted molar refractivity (Wildman–Crippen MR) is 146 cm³/mol. The van der Waals surface area contributed by atoms with Gasteiger partial charge in [0.25, 0.3) is 0 Å². The van der Waals surface area contributed by atoms with Crippen LogP contribution in [0.4, 0.5) is 0 Å². The molecule has 0 heterocycles. The molecule has 0 radical (unpaired) electrons. The van der Waals surface area contributed by atoms with Crippen LogP contribution in [0.3, 0.4) is 0 Å². The highest BCUT2D eigenvalue weighted by atomic mass is 32.2. The quantitative estimate of drug-likeness (QED) is 0.180. The number of rotatable bonds is 16. The zero-order chi connectivity index (χ0) is 22.2. The Labute approximate surface area is 198 Å². The van der Waals surface area contributed by atoms with Crippen molar-refractivity contribution in [3.8, 4) is 0 Å². The molecule has 0 unspecified atom stereocenters. The standard InChI is InChI=1S/C29H43PS/c1-4-5-6-7-8-9-10-11-12-19-24-31-29(26(2)3)25-30(27-20-15-13-16-21-27)28-22-17-14-18-23-28/h13-18,20-23,25-26H,4-12,19,24H2,1-3H3/b29-25-. The van der Waals surface area contributed by atoms with E-state index in [-0.39, 0.29) is 0 Å². The second-order valence-corrected chi connectivity index (χ2v) is 12.0. The van der Waals surface area contributed by atoms with Gasteiger partial charge in [0.15, 0.2) is 0 Å². The summed E-state index contributed by atoms with van der Waals surface area (Å²) in [6.07, 6.45) is 14.1. The minimum atomic E-state index is -0.445. The van der Waals surface area contributed by atoms with E-state index < -0.39 is 7.92 Å². The molecular weight excluding hydrogens is 411 g/mol. The van der Waals surface area contributed by atoms with Gasteiger partial charge in [-0.3, -0.25) is 0 Å². The highest BCUT2D eigenvalue weighted by Gasteiger charge is 2.14. The molecule has 0 amide bonds. The number of benzene rings is 2. The zero-order valence-electron chi connectivity index (χ0n) is 20.1. The van der Waals surface area contributed by atoms with E-state index in [9.17, 15) is 0 Å². The van der Waals surface area contributed by atoms with Crippen molar-refractivity contribution in [1.82, 2.24) is 0 Å². The zero-order valence-corrected chi connectivity index (χ0v) is 21.8. The molecule has 0 spiro atoms. The Bertz CT molecular complexity index is 669. The summed E-state index contributed by atoms with van der Waals surface area (Å²) in [5.41, 5.74) is 0. The maximum absolute atomic E-state index is 2.59. The van der Waals surface area contributed by atoms with Crippen molar-refractivity contribution in [3.05, 3.63) is 71.4 Å². The van der Waals surface area contributed by atoms with E-state index >= 15 is 0 Å². The molecule has 0 saturated heterocycles. The average Bonchev–Trinajstić information content (AvgIpc) is 2.80. The second-order valence-electron chi connectivity index (χ2n) is 8.76. The lowest BCUT2D eigenvalue weighted by Crippen LogP contribution is -2.10. The Morgan fingerprint density at radius 2 is 1.16 bits per heavy atom. The summed E-state index contributed by atoms with van der Waals surface area (Å²) in [6, 6.07) is 22.1. The third-order valence-electron chi connectivity index (χ3n) is 5.66. The Hall–Kier alpha value is -1.04. The summed E-state index contributed by atoms with van der Waals surface area (Å²) in [6.45, 7) is 6.99. The summed E-state index contributed by atoms with van der Waals surface area (Å²) >= 11 is 2.10. The van der Waals surface area contributed by atoms with Gasteiger partial charge in [0.2, 0.25) is 0 Å². The molecule has 0 saturated carbocycles. The molecule has 0 N–H and O–H groups in total. The molecule has 0 atom stereocenters. The van der Waals surface area contributed by atoms with Crippen LogP contribution >= 0.6 is 19.7 Å². The molecule has 2 rings (SSSR count). The van der Waals surface area contributed by atoms with Gasteiger partial charge in [0.05, 0.1) is 0 Å². The predicted octanol–water partition coefficient (Wildman–Crippen LogP) is 9.27. The van der Waals surface area contributed by atoms with Crippen LogP contribution in [-0.2, 0) is 0 Å². The molecule has 0 nitrogen and oxygen atoms in total. The first-order valence-electron chi connectivity index (χ1n) is 12.5. The van der Waals surface area contributed by atoms with E-state index in [2.05, 4.69) is 99.0 Å². The smallest absolute Gasteiger partial charge is 0.00231 e. The summed E-state index contributed by atoms with van der Waals surface area (Å²) < 4.78 is 0. The molecule has 0 fully saturated rings. The number of unbranched alkanes of at least 4 members (excludes halogenated alkanes) is 9. The number of hydrogen-bond donors (Lipinski definition) is 0. The summed E-state index contributed by atoms with van der Waals surface area (Å²) in [7, 11) is -0.445. The minimum absolute atomic E-state index is 0.445. The Kier molecular flexibility index (Phi) is 14.0. The van der Waals surface area contributed by atoms with Crippen LogP contribution in [0, 0.1) is 5.92 Å². The summed E-state index contributed by atoms with van der Waals surface area (Å²) in [5, 5.41) is 2.89. The molecular formula is C29H43PS. The SMILES string of the molecule is CCCCCCCCCCCCS/C(=C\P(c1ccccc1)c1ccccc1)C(C)C. The Balaban J connectivity index is 1.83. The van der Waals surface area contributed by atoms with Crippen LogP contribution in [0.15, 0.2) is 71.4 Å². The van der Waals surface area contributed by atoms with Crippen molar-refractivity contribution in [2.45, 2.75) is 85.0 Å². The fourth-order valence-corrected chi connectivity index (χ4v) is 7.40. The van der Waals surface area contributed by atoms with E-state index in [0.717, 1.165) is 0 Å². The molecule has 31 heavy (non-hydrogen) atoms. The lowest BCUT2D eigenvalue weighted by Gasteiger charge is -2.19. The number of thioether (sulfide) groups is 1. The van der Waals surface area contributed by atoms with Gasteiger partial charge < -0.3 is 0 Å². The number of allylic oxidation sites excluding steroid dienone is 1. The average molecular weight is 455 g/mol. The Morgan fingerprint density at radius 1 is 0.710 bits per heavy atom. The largest absolute Gasteiger partial charge is 0.130 e. The van der Waals surface area contributed by atoms with E-state index in [1.165, 1.54) is 80.6 Å². The maximum Gasteiger partial charge on any atom is -0.00231 e. The first-order valence-corrected chi connectivity index (χ1v) is 14.9. The van der Waals surface area contributed by atoms with Gasteiger partial charge in [0, 0.05) is 0 Å². The highest BCUT2D eigenvalue weighted by Crippen LogP contribution is 2.41. The van der Waals surface area contributed by atoms with Crippen molar-refractivity contribution in [1.29, 1.82) is 0 Å². The van der Waals surface area contributed by atoms with E-state index in [0.29, 0.717) is 5.92 Å². The third kappa shape index (κ3) is 10.9. The number of hydrogen-bond acceptors (Lipinski definition) is 1. The molecule has 2 heteroatoms. The van der Waals surface area contributed by atoms with Crippen molar-refractivity contribution in [2.24, 2.45) is 5.92 Å². The molecule has 0 aliphatic carbocycles. The molecule has 0 bridgehead atoms. The lowest BCUT2D eigenvalue weighted by molar-refractivity contribution is 0.563. The van der Waals surface area contributed by atoms with E-state index in [1.54, 1.807) is 4.91 Å². The first kappa shape index (κ1) is 26.2. The van der Waals surface area contributed by atoms with E-state index in [4.69, 9.17) is 0 Å². The van der Waals surface area contributed by atoms with Crippen LogP contribution < -0.4 is 10.6 Å². The molecule has 0 aliphatic heterocycles. The third-order valence-corrected chi connectivity index (χ3v) is 9.50. The first-order chi connectivity index (χ1) is 15.2. The topological polar surface area (TPSA) is 0 Å². The van der Waals surface area contributed by atoms with Gasteiger partial charge in [-0.25, -0.2) is 0 Å². The van der Waals surface area contributed by atoms with Crippen LogP contribution in [0.2, 0.25) is 0 Å². The Morgan fingerprint density at radius 3 is 1.61 bits per heavy atom. The van der Waals surface area contributed by atoms with Gasteiger partial charge >= 0.3 is 0 Å². The maximum atomic E-state index is 2.59. The molecule has 0 aromatic heterocycles. The fourth-order valence-electron chi connectivity index (χ4n) is 3.74. The second kappa shape index (κ2) is 16.6. The lowest BCUT2D eigenvalue weighted by atomic mass is 10.1. The summed E-state index contributed by atoms with van der Waals surface area (Å²) in [4.78, 5) is 1.56. The van der Waals surface area contributed by atoms with Crippen LogP contribution in [0.25, 0.3) is 0 Å². The minimum Gasteiger partial charge on any atom is -0.130 e. The van der Waals surface area contributed by atoms with Crippen LogP contribution in [0.1, 0.15) is 85.0 Å². The van der Waals surface area contributed by atoms with Gasteiger partial charge in [-0.05, 0) is 47.3 Å². The van der Waals surface area contributed by atoms with Crippen LogP contribution in [0.5, 0.6) is 0 Å². The monoisotopic (exact) mass is 454 g/mol. The fraction of sp³-hybridized carbons (Fsp3) is 0.517. The van der Waals surface area contributed by atoms with Gasteiger partial charge in [-0.15, -0.1) is 11.8 Å². The molecule has 2 aromatic carbocycles. The van der Waals surface area contributed by atoms with Gasteiger partial charge in [0.1, 0.15) is 0 Å². The highest BCUT2D eigenvalue weighted by molar-refractivity contribution is 8.03. The van der Waals surface area contributed by atoms with Crippen molar-refractivity contribution in [2.75, 3.05) is 5.75 Å². The molecule has 2 aromatic rings. The van der Waals surface area contributed by atoms with Crippen molar-refractivity contribution >= 4 is 30.3 Å². The van der Waals surface area contributed by atoms with E-state index in [1.807, 2.05) is 0 Å². The normalized spacial score (nSPS) is 12.1.